The fourth-order valence-electron chi connectivity index (χ4n) is 3.82. The molecule has 1 aliphatic carbocycles. The fourth-order valence-corrected chi connectivity index (χ4v) is 3.82. The Hall–Kier alpha value is -2.34. The Balaban J connectivity index is 1.70. The molecule has 0 bridgehead atoms. The van der Waals surface area contributed by atoms with Gasteiger partial charge in [-0.1, -0.05) is 31.4 Å². The second-order valence-electron chi connectivity index (χ2n) is 7.14. The van der Waals surface area contributed by atoms with Crippen molar-refractivity contribution in [1.29, 1.82) is 0 Å². The van der Waals surface area contributed by atoms with E-state index in [-0.39, 0.29) is 17.3 Å². The predicted octanol–water partition coefficient (Wildman–Crippen LogP) is 2.45. The van der Waals surface area contributed by atoms with Crippen molar-refractivity contribution in [3.8, 4) is 0 Å². The molecule has 1 aliphatic heterocycles. The molecule has 1 aromatic rings. The summed E-state index contributed by atoms with van der Waals surface area (Å²) in [4.78, 5) is 24.6. The lowest BCUT2D eigenvalue weighted by Crippen LogP contribution is -2.44. The maximum atomic E-state index is 12.5. The topological polar surface area (TPSA) is 90.5 Å². The van der Waals surface area contributed by atoms with Gasteiger partial charge in [-0.3, -0.25) is 9.59 Å². The molecule has 0 spiro atoms. The molecule has 1 heterocycles. The molecule has 1 fully saturated rings. The molecule has 3 rings (SSSR count). The molecule has 26 heavy (non-hydrogen) atoms. The lowest BCUT2D eigenvalue weighted by molar-refractivity contribution is -0.122. The first-order chi connectivity index (χ1) is 12.6. The van der Waals surface area contributed by atoms with Crippen LogP contribution in [0.5, 0.6) is 0 Å². The van der Waals surface area contributed by atoms with Crippen LogP contribution in [0, 0.1) is 5.92 Å². The molecule has 0 radical (unpaired) electrons. The molecule has 2 amide bonds. The number of amides is 2. The van der Waals surface area contributed by atoms with Crippen LogP contribution < -0.4 is 16.0 Å². The molecule has 0 saturated heterocycles. The number of carbonyl (C=O) groups is 2. The van der Waals surface area contributed by atoms with E-state index >= 15 is 0 Å². The summed E-state index contributed by atoms with van der Waals surface area (Å²) in [7, 11) is 1.76. The zero-order valence-electron chi connectivity index (χ0n) is 15.2. The minimum Gasteiger partial charge on any atom is -0.511 e. The van der Waals surface area contributed by atoms with Gasteiger partial charge in [0.2, 0.25) is 0 Å². The Morgan fingerprint density at radius 2 is 1.88 bits per heavy atom. The summed E-state index contributed by atoms with van der Waals surface area (Å²) >= 11 is 0. The standard InChI is InChI=1S/C20H27N3O3/c1-21-11-15-12-22-19(25)17(18(15)24)20(26)23-16-9-7-14(8-10-16)13-5-3-2-4-6-13/h7-10,13,15,21,24H,2-6,11-12H2,1H3,(H,22,25)(H,23,26). The monoisotopic (exact) mass is 357 g/mol. The molecule has 4 N–H and O–H groups in total. The third-order valence-electron chi connectivity index (χ3n) is 5.30. The predicted molar refractivity (Wildman–Crippen MR) is 101 cm³/mol. The maximum Gasteiger partial charge on any atom is 0.264 e. The van der Waals surface area contributed by atoms with E-state index in [1.165, 1.54) is 37.7 Å². The highest BCUT2D eigenvalue weighted by atomic mass is 16.3. The van der Waals surface area contributed by atoms with E-state index in [1.807, 2.05) is 24.3 Å². The quantitative estimate of drug-likeness (QED) is 0.609. The van der Waals surface area contributed by atoms with Crippen LogP contribution in [0.3, 0.4) is 0 Å². The fraction of sp³-hybridized carbons (Fsp3) is 0.500. The van der Waals surface area contributed by atoms with Crippen molar-refractivity contribution in [1.82, 2.24) is 10.6 Å². The van der Waals surface area contributed by atoms with Crippen molar-refractivity contribution in [2.24, 2.45) is 5.92 Å². The zero-order chi connectivity index (χ0) is 18.5. The van der Waals surface area contributed by atoms with E-state index in [4.69, 9.17) is 0 Å². The number of nitrogens with one attached hydrogen (secondary N) is 3. The van der Waals surface area contributed by atoms with Crippen LogP contribution in [-0.2, 0) is 9.59 Å². The molecule has 1 atom stereocenters. The third-order valence-corrected chi connectivity index (χ3v) is 5.30. The lowest BCUT2D eigenvalue weighted by atomic mass is 9.84. The van der Waals surface area contributed by atoms with Crippen molar-refractivity contribution in [2.45, 2.75) is 38.0 Å². The summed E-state index contributed by atoms with van der Waals surface area (Å²) in [5, 5.41) is 18.6. The van der Waals surface area contributed by atoms with Crippen LogP contribution in [0.25, 0.3) is 0 Å². The Labute approximate surface area is 154 Å². The highest BCUT2D eigenvalue weighted by Gasteiger charge is 2.32. The van der Waals surface area contributed by atoms with Gasteiger partial charge in [-0.2, -0.15) is 0 Å². The van der Waals surface area contributed by atoms with Crippen molar-refractivity contribution >= 4 is 17.5 Å². The van der Waals surface area contributed by atoms with Crippen LogP contribution in [0.2, 0.25) is 0 Å². The van der Waals surface area contributed by atoms with Gasteiger partial charge in [0.1, 0.15) is 11.3 Å². The number of benzene rings is 1. The molecule has 140 valence electrons. The van der Waals surface area contributed by atoms with E-state index in [2.05, 4.69) is 16.0 Å². The number of hydrogen-bond acceptors (Lipinski definition) is 4. The lowest BCUT2D eigenvalue weighted by Gasteiger charge is -2.24. The van der Waals surface area contributed by atoms with Crippen LogP contribution in [0.15, 0.2) is 35.6 Å². The van der Waals surface area contributed by atoms with E-state index in [0.717, 1.165) is 0 Å². The second-order valence-corrected chi connectivity index (χ2v) is 7.14. The third kappa shape index (κ3) is 4.07. The van der Waals surface area contributed by atoms with Crippen molar-refractivity contribution < 1.29 is 14.7 Å². The van der Waals surface area contributed by atoms with E-state index in [9.17, 15) is 14.7 Å². The summed E-state index contributed by atoms with van der Waals surface area (Å²) in [5.41, 5.74) is 1.72. The van der Waals surface area contributed by atoms with Crippen molar-refractivity contribution in [2.75, 3.05) is 25.5 Å². The number of aliphatic hydroxyl groups excluding tert-OH is 1. The highest BCUT2D eigenvalue weighted by molar-refractivity contribution is 6.23. The Bertz CT molecular complexity index is 691. The Kier molecular flexibility index (Phi) is 5.93. The molecule has 1 saturated carbocycles. The SMILES string of the molecule is CNCC1CNC(=O)C(C(=O)Nc2ccc(C3CCCCC3)cc2)=C1O. The molecule has 1 aromatic carbocycles. The van der Waals surface area contributed by atoms with E-state index in [0.29, 0.717) is 24.7 Å². The van der Waals surface area contributed by atoms with Crippen LogP contribution in [0.1, 0.15) is 43.6 Å². The maximum absolute atomic E-state index is 12.5. The minimum atomic E-state index is -0.578. The van der Waals surface area contributed by atoms with Crippen molar-refractivity contribution in [3.63, 3.8) is 0 Å². The van der Waals surface area contributed by atoms with Gasteiger partial charge in [0.25, 0.3) is 11.8 Å². The molecule has 6 nitrogen and oxygen atoms in total. The summed E-state index contributed by atoms with van der Waals surface area (Å²) in [6, 6.07) is 7.83. The average molecular weight is 357 g/mol. The zero-order valence-corrected chi connectivity index (χ0v) is 15.2. The number of anilines is 1. The number of carbonyl (C=O) groups excluding carboxylic acids is 2. The first-order valence-corrected chi connectivity index (χ1v) is 9.37. The molecule has 0 aromatic heterocycles. The van der Waals surface area contributed by atoms with Gasteiger partial charge in [-0.25, -0.2) is 0 Å². The average Bonchev–Trinajstić information content (AvgIpc) is 2.65. The first-order valence-electron chi connectivity index (χ1n) is 9.37. The molecular formula is C20H27N3O3. The van der Waals surface area contributed by atoms with E-state index in [1.54, 1.807) is 7.05 Å². The normalized spacial score (nSPS) is 21.4. The van der Waals surface area contributed by atoms with Gasteiger partial charge in [0, 0.05) is 24.7 Å². The smallest absolute Gasteiger partial charge is 0.264 e. The highest BCUT2D eigenvalue weighted by Crippen LogP contribution is 2.33. The van der Waals surface area contributed by atoms with E-state index < -0.39 is 11.8 Å². The van der Waals surface area contributed by atoms with Crippen LogP contribution >= 0.6 is 0 Å². The van der Waals surface area contributed by atoms with Crippen LogP contribution in [-0.4, -0.2) is 37.1 Å². The summed E-state index contributed by atoms with van der Waals surface area (Å²) in [5.74, 6) is -0.962. The van der Waals surface area contributed by atoms with Gasteiger partial charge in [0.05, 0.1) is 0 Å². The van der Waals surface area contributed by atoms with Gasteiger partial charge in [0.15, 0.2) is 0 Å². The minimum absolute atomic E-state index is 0.153. The Morgan fingerprint density at radius 1 is 1.19 bits per heavy atom. The largest absolute Gasteiger partial charge is 0.511 e. The molecule has 2 aliphatic rings. The van der Waals surface area contributed by atoms with Gasteiger partial charge >= 0.3 is 0 Å². The molecular weight excluding hydrogens is 330 g/mol. The summed E-state index contributed by atoms with van der Waals surface area (Å²) in [6.07, 6.45) is 6.32. The summed E-state index contributed by atoms with van der Waals surface area (Å²) < 4.78 is 0. The van der Waals surface area contributed by atoms with Gasteiger partial charge in [-0.05, 0) is 43.5 Å². The van der Waals surface area contributed by atoms with Crippen molar-refractivity contribution in [3.05, 3.63) is 41.2 Å². The molecule has 1 unspecified atom stereocenters. The number of aliphatic hydroxyl groups is 1. The summed E-state index contributed by atoms with van der Waals surface area (Å²) in [6.45, 7) is 0.803. The van der Waals surface area contributed by atoms with Gasteiger partial charge < -0.3 is 21.1 Å². The number of hydrogen-bond donors (Lipinski definition) is 4. The second kappa shape index (κ2) is 8.36. The van der Waals surface area contributed by atoms with Crippen LogP contribution in [0.4, 0.5) is 5.69 Å². The number of rotatable bonds is 5. The molecule has 6 heteroatoms. The first kappa shape index (κ1) is 18.5. The van der Waals surface area contributed by atoms with Gasteiger partial charge in [-0.15, -0.1) is 0 Å². The Morgan fingerprint density at radius 3 is 2.54 bits per heavy atom.